The van der Waals surface area contributed by atoms with Gasteiger partial charge in [0.2, 0.25) is 0 Å². The summed E-state index contributed by atoms with van der Waals surface area (Å²) in [6.45, 7) is 6.89. The molecule has 1 N–H and O–H groups in total. The highest BCUT2D eigenvalue weighted by atomic mass is 16.5. The Bertz CT molecular complexity index is 412. The quantitative estimate of drug-likeness (QED) is 0.855. The van der Waals surface area contributed by atoms with Crippen molar-refractivity contribution in [3.63, 3.8) is 0 Å². The Morgan fingerprint density at radius 3 is 2.72 bits per heavy atom. The zero-order chi connectivity index (χ0) is 13.2. The van der Waals surface area contributed by atoms with Gasteiger partial charge in [0.25, 0.3) is 0 Å². The number of benzene rings is 1. The van der Waals surface area contributed by atoms with E-state index in [4.69, 9.17) is 4.74 Å². The molecule has 1 unspecified atom stereocenters. The molecule has 0 bridgehead atoms. The summed E-state index contributed by atoms with van der Waals surface area (Å²) in [7, 11) is 1.71. The standard InChI is InChI=1S/C16H25NO/c1-12-10-14(18-4)7-8-15(12)17-13-6-5-9-16(2,3)11-13/h7-8,10,13,17H,5-6,9,11H2,1-4H3. The summed E-state index contributed by atoms with van der Waals surface area (Å²) in [6, 6.07) is 6.87. The molecule has 1 fully saturated rings. The van der Waals surface area contributed by atoms with Crippen molar-refractivity contribution in [1.29, 1.82) is 0 Å². The Kier molecular flexibility index (Phi) is 3.84. The fourth-order valence-electron chi connectivity index (χ4n) is 2.97. The molecule has 0 heterocycles. The fourth-order valence-corrected chi connectivity index (χ4v) is 2.97. The lowest BCUT2D eigenvalue weighted by Gasteiger charge is -2.36. The van der Waals surface area contributed by atoms with Crippen LogP contribution in [0.3, 0.4) is 0 Å². The van der Waals surface area contributed by atoms with E-state index in [-0.39, 0.29) is 0 Å². The molecule has 0 aromatic heterocycles. The van der Waals surface area contributed by atoms with Gasteiger partial charge in [-0.25, -0.2) is 0 Å². The Balaban J connectivity index is 2.05. The highest BCUT2D eigenvalue weighted by molar-refractivity contribution is 5.54. The van der Waals surface area contributed by atoms with E-state index in [9.17, 15) is 0 Å². The summed E-state index contributed by atoms with van der Waals surface area (Å²) in [5, 5.41) is 3.70. The predicted octanol–water partition coefficient (Wildman–Crippen LogP) is 4.38. The van der Waals surface area contributed by atoms with Crippen molar-refractivity contribution in [2.75, 3.05) is 12.4 Å². The maximum absolute atomic E-state index is 5.25. The first-order chi connectivity index (χ1) is 8.50. The van der Waals surface area contributed by atoms with Crippen LogP contribution >= 0.6 is 0 Å². The number of anilines is 1. The van der Waals surface area contributed by atoms with Crippen LogP contribution in [0.1, 0.15) is 45.1 Å². The molecule has 100 valence electrons. The first-order valence-electron chi connectivity index (χ1n) is 6.91. The van der Waals surface area contributed by atoms with Gasteiger partial charge in [-0.05, 0) is 55.4 Å². The maximum Gasteiger partial charge on any atom is 0.119 e. The molecular weight excluding hydrogens is 222 g/mol. The Morgan fingerprint density at radius 2 is 2.11 bits per heavy atom. The fraction of sp³-hybridized carbons (Fsp3) is 0.625. The van der Waals surface area contributed by atoms with E-state index in [1.54, 1.807) is 7.11 Å². The van der Waals surface area contributed by atoms with Crippen molar-refractivity contribution in [3.8, 4) is 5.75 Å². The lowest BCUT2D eigenvalue weighted by atomic mass is 9.75. The number of methoxy groups -OCH3 is 1. The number of aryl methyl sites for hydroxylation is 1. The number of nitrogens with one attached hydrogen (secondary N) is 1. The second-order valence-corrected chi connectivity index (χ2v) is 6.28. The Hall–Kier alpha value is -1.18. The number of hydrogen-bond acceptors (Lipinski definition) is 2. The summed E-state index contributed by atoms with van der Waals surface area (Å²) < 4.78 is 5.25. The summed E-state index contributed by atoms with van der Waals surface area (Å²) >= 11 is 0. The van der Waals surface area contributed by atoms with Crippen LogP contribution in [-0.2, 0) is 0 Å². The minimum absolute atomic E-state index is 0.482. The molecule has 2 nitrogen and oxygen atoms in total. The van der Waals surface area contributed by atoms with E-state index < -0.39 is 0 Å². The van der Waals surface area contributed by atoms with Crippen LogP contribution < -0.4 is 10.1 Å². The Labute approximate surface area is 111 Å². The lowest BCUT2D eigenvalue weighted by molar-refractivity contribution is 0.229. The van der Waals surface area contributed by atoms with Crippen LogP contribution in [0.5, 0.6) is 5.75 Å². The normalized spacial score (nSPS) is 22.6. The van der Waals surface area contributed by atoms with Crippen LogP contribution in [0, 0.1) is 12.3 Å². The molecule has 1 saturated carbocycles. The van der Waals surface area contributed by atoms with Crippen LogP contribution in [0.15, 0.2) is 18.2 Å². The molecule has 1 aromatic rings. The number of hydrogen-bond donors (Lipinski definition) is 1. The zero-order valence-electron chi connectivity index (χ0n) is 12.0. The van der Waals surface area contributed by atoms with E-state index in [1.807, 2.05) is 6.07 Å². The van der Waals surface area contributed by atoms with E-state index in [2.05, 4.69) is 38.2 Å². The van der Waals surface area contributed by atoms with E-state index in [0.717, 1.165) is 5.75 Å². The maximum atomic E-state index is 5.25. The molecule has 2 heteroatoms. The number of ether oxygens (including phenoxy) is 1. The second kappa shape index (κ2) is 5.21. The molecule has 18 heavy (non-hydrogen) atoms. The molecule has 0 aliphatic heterocycles. The predicted molar refractivity (Wildman–Crippen MR) is 77.4 cm³/mol. The molecular formula is C16H25NO. The largest absolute Gasteiger partial charge is 0.497 e. The minimum Gasteiger partial charge on any atom is -0.497 e. The van der Waals surface area contributed by atoms with Crippen molar-refractivity contribution in [1.82, 2.24) is 0 Å². The highest BCUT2D eigenvalue weighted by Gasteiger charge is 2.27. The highest BCUT2D eigenvalue weighted by Crippen LogP contribution is 2.36. The van der Waals surface area contributed by atoms with Crippen molar-refractivity contribution in [2.24, 2.45) is 5.41 Å². The number of rotatable bonds is 3. The van der Waals surface area contributed by atoms with Gasteiger partial charge in [-0.3, -0.25) is 0 Å². The first-order valence-corrected chi connectivity index (χ1v) is 6.91. The van der Waals surface area contributed by atoms with Crippen molar-refractivity contribution < 1.29 is 4.74 Å². The van der Waals surface area contributed by atoms with Crippen molar-refractivity contribution >= 4 is 5.69 Å². The third-order valence-corrected chi connectivity index (χ3v) is 4.00. The molecule has 1 aromatic carbocycles. The van der Waals surface area contributed by atoms with Crippen LogP contribution in [0.25, 0.3) is 0 Å². The van der Waals surface area contributed by atoms with Crippen molar-refractivity contribution in [3.05, 3.63) is 23.8 Å². The van der Waals surface area contributed by atoms with E-state index in [1.165, 1.54) is 36.9 Å². The summed E-state index contributed by atoms with van der Waals surface area (Å²) in [4.78, 5) is 0. The molecule has 2 rings (SSSR count). The third-order valence-electron chi connectivity index (χ3n) is 4.00. The molecule has 1 aliphatic carbocycles. The van der Waals surface area contributed by atoms with Gasteiger partial charge < -0.3 is 10.1 Å². The van der Waals surface area contributed by atoms with E-state index in [0.29, 0.717) is 11.5 Å². The van der Waals surface area contributed by atoms with E-state index >= 15 is 0 Å². The topological polar surface area (TPSA) is 21.3 Å². The molecule has 0 saturated heterocycles. The van der Waals surface area contributed by atoms with Crippen molar-refractivity contribution in [2.45, 2.75) is 52.5 Å². The monoisotopic (exact) mass is 247 g/mol. The molecule has 1 atom stereocenters. The van der Waals surface area contributed by atoms with Crippen LogP contribution in [0.2, 0.25) is 0 Å². The average Bonchev–Trinajstić information content (AvgIpc) is 2.30. The third kappa shape index (κ3) is 3.18. The minimum atomic E-state index is 0.482. The summed E-state index contributed by atoms with van der Waals surface area (Å²) in [6.07, 6.45) is 5.24. The first kappa shape index (κ1) is 13.3. The average molecular weight is 247 g/mol. The van der Waals surface area contributed by atoms with Gasteiger partial charge >= 0.3 is 0 Å². The Morgan fingerprint density at radius 1 is 1.33 bits per heavy atom. The van der Waals surface area contributed by atoms with Crippen LogP contribution in [-0.4, -0.2) is 13.2 Å². The van der Waals surface area contributed by atoms with Gasteiger partial charge in [0.1, 0.15) is 5.75 Å². The second-order valence-electron chi connectivity index (χ2n) is 6.28. The zero-order valence-corrected chi connectivity index (χ0v) is 12.0. The van der Waals surface area contributed by atoms with Gasteiger partial charge in [0, 0.05) is 11.7 Å². The van der Waals surface area contributed by atoms with Gasteiger partial charge in [-0.2, -0.15) is 0 Å². The molecule has 1 aliphatic rings. The van der Waals surface area contributed by atoms with Gasteiger partial charge in [-0.1, -0.05) is 20.3 Å². The van der Waals surface area contributed by atoms with Gasteiger partial charge in [-0.15, -0.1) is 0 Å². The van der Waals surface area contributed by atoms with Gasteiger partial charge in [0.15, 0.2) is 0 Å². The lowest BCUT2D eigenvalue weighted by Crippen LogP contribution is -2.31. The summed E-state index contributed by atoms with van der Waals surface area (Å²) in [5.41, 5.74) is 2.99. The summed E-state index contributed by atoms with van der Waals surface area (Å²) in [5.74, 6) is 0.932. The smallest absolute Gasteiger partial charge is 0.119 e. The molecule has 0 radical (unpaired) electrons. The molecule has 0 amide bonds. The molecule has 0 spiro atoms. The van der Waals surface area contributed by atoms with Crippen LogP contribution in [0.4, 0.5) is 5.69 Å². The SMILES string of the molecule is COc1ccc(NC2CCCC(C)(C)C2)c(C)c1. The van der Waals surface area contributed by atoms with Gasteiger partial charge in [0.05, 0.1) is 7.11 Å².